The molecule has 1 fully saturated rings. The van der Waals surface area contributed by atoms with E-state index in [1.165, 1.54) is 6.07 Å². The molecule has 6 rings (SSSR count). The molecule has 2 aromatic carbocycles. The van der Waals surface area contributed by atoms with Crippen molar-refractivity contribution in [3.63, 3.8) is 0 Å². The SMILES string of the molecule is C#Cc1ccc2c(c1)[nH]c1c2c(=O)c2cc(CCCC)c(-c3cncc(OS(=O)(=O)F)c3)cc2n1C1CCOCC1. The van der Waals surface area contributed by atoms with Gasteiger partial charge in [0.25, 0.3) is 0 Å². The van der Waals surface area contributed by atoms with Crippen LogP contribution in [0.4, 0.5) is 3.89 Å². The second-order valence-electron chi connectivity index (χ2n) is 10.3. The number of H-pyrrole nitrogens is 1. The summed E-state index contributed by atoms with van der Waals surface area (Å²) in [5, 5.41) is 2.02. The summed E-state index contributed by atoms with van der Waals surface area (Å²) in [6, 6.07) is 11.0. The summed E-state index contributed by atoms with van der Waals surface area (Å²) in [7, 11) is -5.22. The van der Waals surface area contributed by atoms with Crippen LogP contribution in [-0.4, -0.2) is 36.2 Å². The second-order valence-corrected chi connectivity index (χ2v) is 11.3. The van der Waals surface area contributed by atoms with Crippen molar-refractivity contribution in [3.05, 3.63) is 70.1 Å². The van der Waals surface area contributed by atoms with Crippen LogP contribution < -0.4 is 9.61 Å². The number of terminal acetylenes is 1. The first-order chi connectivity index (χ1) is 19.8. The monoisotopic (exact) mass is 573 g/mol. The van der Waals surface area contributed by atoms with E-state index in [0.717, 1.165) is 59.4 Å². The molecule has 0 radical (unpaired) electrons. The minimum Gasteiger partial charge on any atom is -0.381 e. The fourth-order valence-electron chi connectivity index (χ4n) is 5.85. The van der Waals surface area contributed by atoms with Gasteiger partial charge in [-0.1, -0.05) is 29.2 Å². The molecule has 0 atom stereocenters. The Morgan fingerprint density at radius 3 is 2.71 bits per heavy atom. The smallest absolute Gasteiger partial charge is 0.381 e. The normalized spacial score (nSPS) is 14.6. The highest BCUT2D eigenvalue weighted by molar-refractivity contribution is 7.81. The highest BCUT2D eigenvalue weighted by Crippen LogP contribution is 2.37. The number of rotatable bonds is 7. The van der Waals surface area contributed by atoms with Crippen molar-refractivity contribution < 1.29 is 21.2 Å². The lowest BCUT2D eigenvalue weighted by Gasteiger charge is -2.28. The predicted molar refractivity (Wildman–Crippen MR) is 157 cm³/mol. The van der Waals surface area contributed by atoms with Crippen LogP contribution in [0.2, 0.25) is 0 Å². The van der Waals surface area contributed by atoms with Gasteiger partial charge in [-0.3, -0.25) is 9.78 Å². The van der Waals surface area contributed by atoms with Crippen LogP contribution in [0.1, 0.15) is 49.8 Å². The predicted octanol–water partition coefficient (Wildman–Crippen LogP) is 5.97. The van der Waals surface area contributed by atoms with Crippen LogP contribution in [0.15, 0.2) is 53.6 Å². The standard InChI is InChI=1S/C31H28FN3O5S/c1-3-5-6-20-15-26-28(16-25(20)21-14-23(18-33-17-21)40-41(32,37)38)35(22-9-11-39-12-10-22)31-29(30(26)36)24-8-7-19(4-2)13-27(24)34-31/h2,7-8,13-18,22,34H,3,5-6,9-12H2,1H3. The quantitative estimate of drug-likeness (QED) is 0.190. The maximum atomic E-state index is 14.2. The van der Waals surface area contributed by atoms with E-state index in [2.05, 4.69) is 31.6 Å². The Kier molecular flexibility index (Phi) is 7.01. The van der Waals surface area contributed by atoms with Crippen LogP contribution in [0, 0.1) is 12.3 Å². The van der Waals surface area contributed by atoms with E-state index in [1.807, 2.05) is 30.3 Å². The van der Waals surface area contributed by atoms with E-state index in [0.29, 0.717) is 47.2 Å². The minimum atomic E-state index is -5.22. The van der Waals surface area contributed by atoms with Gasteiger partial charge >= 0.3 is 10.5 Å². The van der Waals surface area contributed by atoms with Crippen LogP contribution in [0.5, 0.6) is 5.75 Å². The summed E-state index contributed by atoms with van der Waals surface area (Å²) in [4.78, 5) is 21.8. The van der Waals surface area contributed by atoms with Crippen molar-refractivity contribution in [2.24, 2.45) is 0 Å². The van der Waals surface area contributed by atoms with Crippen LogP contribution >= 0.6 is 0 Å². The number of ether oxygens (including phenoxy) is 1. The zero-order valence-corrected chi connectivity index (χ0v) is 23.3. The second kappa shape index (κ2) is 10.7. The molecule has 0 bridgehead atoms. The molecule has 0 amide bonds. The fraction of sp³-hybridized carbons (Fsp3) is 0.290. The van der Waals surface area contributed by atoms with Crippen LogP contribution in [0.3, 0.4) is 0 Å². The third-order valence-corrected chi connectivity index (χ3v) is 8.11. The number of aromatic amines is 1. The molecule has 5 aromatic rings. The summed E-state index contributed by atoms with van der Waals surface area (Å²) in [6.07, 6.45) is 12.4. The van der Waals surface area contributed by atoms with Gasteiger partial charge in [0.15, 0.2) is 11.2 Å². The average Bonchev–Trinajstić information content (AvgIpc) is 3.34. The third-order valence-electron chi connectivity index (χ3n) is 7.71. The molecule has 10 heteroatoms. The maximum Gasteiger partial charge on any atom is 0.488 e. The lowest BCUT2D eigenvalue weighted by Crippen LogP contribution is -2.22. The number of benzene rings is 2. The molecule has 41 heavy (non-hydrogen) atoms. The van der Waals surface area contributed by atoms with E-state index in [9.17, 15) is 17.1 Å². The van der Waals surface area contributed by atoms with Gasteiger partial charge in [-0.2, -0.15) is 8.42 Å². The van der Waals surface area contributed by atoms with E-state index in [-0.39, 0.29) is 17.2 Å². The zero-order valence-electron chi connectivity index (χ0n) is 22.4. The lowest BCUT2D eigenvalue weighted by molar-refractivity contribution is 0.0715. The Morgan fingerprint density at radius 1 is 1.17 bits per heavy atom. The Labute approximate surface area is 236 Å². The zero-order chi connectivity index (χ0) is 28.7. The number of fused-ring (bicyclic) bond motifs is 4. The number of hydrogen-bond acceptors (Lipinski definition) is 6. The summed E-state index contributed by atoms with van der Waals surface area (Å²) in [6.45, 7) is 3.29. The lowest BCUT2D eigenvalue weighted by atomic mass is 9.93. The highest BCUT2D eigenvalue weighted by Gasteiger charge is 2.25. The first-order valence-corrected chi connectivity index (χ1v) is 14.9. The minimum absolute atomic E-state index is 0.0633. The molecule has 1 aliphatic rings. The Morgan fingerprint density at radius 2 is 1.98 bits per heavy atom. The van der Waals surface area contributed by atoms with Crippen LogP contribution in [0.25, 0.3) is 44.0 Å². The molecule has 0 saturated carbocycles. The summed E-state index contributed by atoms with van der Waals surface area (Å²) >= 11 is 0. The summed E-state index contributed by atoms with van der Waals surface area (Å²) < 4.78 is 47.9. The molecule has 0 spiro atoms. The van der Waals surface area contributed by atoms with Gasteiger partial charge in [-0.05, 0) is 67.1 Å². The molecule has 0 unspecified atom stereocenters. The van der Waals surface area contributed by atoms with Gasteiger partial charge in [-0.15, -0.1) is 6.42 Å². The van der Waals surface area contributed by atoms with E-state index >= 15 is 0 Å². The van der Waals surface area contributed by atoms with Gasteiger partial charge < -0.3 is 18.5 Å². The fourth-order valence-corrected chi connectivity index (χ4v) is 6.17. The van der Waals surface area contributed by atoms with Crippen molar-refractivity contribution in [3.8, 4) is 29.2 Å². The average molecular weight is 574 g/mol. The van der Waals surface area contributed by atoms with Gasteiger partial charge in [0.1, 0.15) is 5.65 Å². The molecular formula is C31H28FN3O5S. The molecule has 210 valence electrons. The van der Waals surface area contributed by atoms with Crippen molar-refractivity contribution >= 4 is 43.3 Å². The summed E-state index contributed by atoms with van der Waals surface area (Å²) in [5.74, 6) is 2.43. The maximum absolute atomic E-state index is 14.2. The molecule has 4 heterocycles. The van der Waals surface area contributed by atoms with Crippen molar-refractivity contribution in [2.45, 2.75) is 45.1 Å². The van der Waals surface area contributed by atoms with Crippen molar-refractivity contribution in [1.29, 1.82) is 0 Å². The molecular weight excluding hydrogens is 545 g/mol. The summed E-state index contributed by atoms with van der Waals surface area (Å²) in [5.41, 5.74) is 5.10. The van der Waals surface area contributed by atoms with E-state index < -0.39 is 10.5 Å². The number of nitrogens with one attached hydrogen (secondary N) is 1. The van der Waals surface area contributed by atoms with Gasteiger partial charge in [0.05, 0.1) is 17.1 Å². The number of pyridine rings is 2. The highest BCUT2D eigenvalue weighted by atomic mass is 32.3. The van der Waals surface area contributed by atoms with Gasteiger partial charge in [0, 0.05) is 52.9 Å². The van der Waals surface area contributed by atoms with E-state index in [1.54, 1.807) is 6.20 Å². The Balaban J connectivity index is 1.69. The largest absolute Gasteiger partial charge is 0.488 e. The van der Waals surface area contributed by atoms with Gasteiger partial charge in [0.2, 0.25) is 0 Å². The number of unbranched alkanes of at least 4 members (excludes halogenated alkanes) is 1. The molecule has 1 N–H and O–H groups in total. The number of nitrogens with zero attached hydrogens (tertiary/aromatic N) is 2. The topological polar surface area (TPSA) is 103 Å². The molecule has 3 aromatic heterocycles. The molecule has 0 aliphatic carbocycles. The van der Waals surface area contributed by atoms with Crippen molar-refractivity contribution in [1.82, 2.24) is 14.5 Å². The van der Waals surface area contributed by atoms with Gasteiger partial charge in [-0.25, -0.2) is 0 Å². The number of hydrogen-bond donors (Lipinski definition) is 1. The first kappa shape index (κ1) is 27.0. The number of aromatic nitrogens is 3. The molecule has 8 nitrogen and oxygen atoms in total. The molecule has 1 saturated heterocycles. The third kappa shape index (κ3) is 5.07. The number of halogens is 1. The Bertz CT molecular complexity index is 2020. The molecule has 1 aliphatic heterocycles. The first-order valence-electron chi connectivity index (χ1n) is 13.6. The number of aryl methyl sites for hydroxylation is 1. The Hall–Kier alpha value is -4.20. The van der Waals surface area contributed by atoms with Crippen molar-refractivity contribution in [2.75, 3.05) is 13.2 Å². The van der Waals surface area contributed by atoms with E-state index in [4.69, 9.17) is 11.2 Å². The van der Waals surface area contributed by atoms with Crippen LogP contribution in [-0.2, 0) is 21.7 Å².